The quantitative estimate of drug-likeness (QED) is 0.0275. The topological polar surface area (TPSA) is 253 Å². The highest BCUT2D eigenvalue weighted by Gasteiger charge is 2.46. The molecule has 1 saturated heterocycles. The maximum absolute atomic E-state index is 13.9. The maximum Gasteiger partial charge on any atom is 0.322 e. The van der Waals surface area contributed by atoms with Crippen LogP contribution in [0, 0.1) is 11.3 Å². The van der Waals surface area contributed by atoms with Crippen LogP contribution in [0.15, 0.2) is 109 Å². The first-order valence-electron chi connectivity index (χ1n) is 27.1. The molecule has 20 nitrogen and oxygen atoms in total. The first kappa shape index (κ1) is 56.9. The van der Waals surface area contributed by atoms with Gasteiger partial charge >= 0.3 is 6.03 Å². The summed E-state index contributed by atoms with van der Waals surface area (Å²) in [6.07, 6.45) is 10.6. The predicted molar refractivity (Wildman–Crippen MR) is 292 cm³/mol. The molecule has 3 aliphatic rings. The van der Waals surface area contributed by atoms with Gasteiger partial charge in [-0.25, -0.2) is 14.8 Å². The van der Waals surface area contributed by atoms with Crippen molar-refractivity contribution in [3.63, 3.8) is 0 Å². The van der Waals surface area contributed by atoms with E-state index in [4.69, 9.17) is 28.9 Å². The number of pyridine rings is 2. The normalized spacial score (nSPS) is 16.8. The second kappa shape index (κ2) is 29.5. The van der Waals surface area contributed by atoms with Gasteiger partial charge in [0.05, 0.1) is 23.3 Å². The maximum atomic E-state index is 13.9. The molecular formula is C59H67N9O11. The highest BCUT2D eigenvalue weighted by atomic mass is 16.5. The first-order valence-corrected chi connectivity index (χ1v) is 27.1. The summed E-state index contributed by atoms with van der Waals surface area (Å²) in [5.74, 6) is -1.60. The lowest BCUT2D eigenvalue weighted by atomic mass is 9.89. The van der Waals surface area contributed by atoms with E-state index in [0.29, 0.717) is 77.2 Å². The summed E-state index contributed by atoms with van der Waals surface area (Å²) in [5, 5.41) is 20.7. The average molecular weight is 1080 g/mol. The van der Waals surface area contributed by atoms with Gasteiger partial charge in [0.25, 0.3) is 17.7 Å². The molecule has 2 aromatic heterocycles. The summed E-state index contributed by atoms with van der Waals surface area (Å²) >= 11 is 0. The molecule has 2 fully saturated rings. The number of carbonyl (C=O) groups excluding carboxylic acids is 6. The van der Waals surface area contributed by atoms with Gasteiger partial charge in [0, 0.05) is 88.8 Å². The van der Waals surface area contributed by atoms with E-state index in [9.17, 15) is 28.8 Å². The smallest absolute Gasteiger partial charge is 0.322 e. The van der Waals surface area contributed by atoms with Crippen LogP contribution < -0.4 is 35.6 Å². The van der Waals surface area contributed by atoms with E-state index in [1.807, 2.05) is 77.7 Å². The standard InChI is InChI=1S/C59H67N9O11/c60-37-42-14-24-51(63-39-42)65-45-17-21-47(22-18-45)67(59(74)64-38-41-10-2-1-3-11-41)46-19-15-43(16-20-46)44-26-28-62-54(36-44)78-35-34-77-31-7-6-30-76-33-9-32-75-29-5-4-27-61-53(70)40-79-50-13-8-12-48-55(50)58(73)68(57(48)72)49-23-25-52(69)66-56(49)71/h1-3,8,10-16,19-20,24,26,28,36,39,45,47,49H,4-7,9,17-18,21-23,25,27,29-35,38,40H2,(H,61,70)(H,63,65)(H,64,74)(H,66,69,71)/t45-,47-,49?. The van der Waals surface area contributed by atoms with Crippen molar-refractivity contribution in [2.24, 2.45) is 0 Å². The molecule has 2 aliphatic heterocycles. The highest BCUT2D eigenvalue weighted by molar-refractivity contribution is 6.24. The van der Waals surface area contributed by atoms with Crippen LogP contribution in [0.4, 0.5) is 16.3 Å². The fraction of sp³-hybridized carbons (Fsp3) is 0.407. The second-order valence-electron chi connectivity index (χ2n) is 19.4. The molecule has 1 saturated carbocycles. The number of amides is 7. The number of anilines is 2. The number of hydrogen-bond donors (Lipinski definition) is 4. The Bertz CT molecular complexity index is 2890. The van der Waals surface area contributed by atoms with Gasteiger partial charge < -0.3 is 39.6 Å². The van der Waals surface area contributed by atoms with Gasteiger partial charge in [-0.2, -0.15) is 5.26 Å². The summed E-state index contributed by atoms with van der Waals surface area (Å²) in [6, 6.07) is 30.9. The van der Waals surface area contributed by atoms with Crippen LogP contribution in [0.25, 0.3) is 11.1 Å². The number of urea groups is 1. The molecule has 0 spiro atoms. The van der Waals surface area contributed by atoms with Crippen molar-refractivity contribution in [3.8, 4) is 28.8 Å². The molecule has 1 atom stereocenters. The summed E-state index contributed by atoms with van der Waals surface area (Å²) < 4.78 is 28.8. The summed E-state index contributed by atoms with van der Waals surface area (Å²) in [5.41, 5.74) is 4.34. The number of ether oxygens (including phenoxy) is 5. The summed E-state index contributed by atoms with van der Waals surface area (Å²) in [4.78, 5) is 88.2. The molecule has 5 aromatic rings. The van der Waals surface area contributed by atoms with Crippen LogP contribution in [0.3, 0.4) is 0 Å². The third kappa shape index (κ3) is 16.4. The summed E-state index contributed by atoms with van der Waals surface area (Å²) in [6.45, 7) is 4.15. The zero-order valence-electron chi connectivity index (χ0n) is 44.2. The number of hydrogen-bond acceptors (Lipinski definition) is 15. The first-order chi connectivity index (χ1) is 38.6. The second-order valence-corrected chi connectivity index (χ2v) is 19.4. The SMILES string of the molecule is N#Cc1ccc(N[C@H]2CC[C@H](N(C(=O)NCc3ccccc3)c3ccc(-c4ccnc(OCCOCCCCOCCCOCCCCNC(=O)COc5cccc6c5C(=O)N(C5CCC(=O)NC5=O)C6=O)c4)cc3)CC2)nc1. The molecule has 414 valence electrons. The van der Waals surface area contributed by atoms with E-state index in [1.165, 1.54) is 18.2 Å². The van der Waals surface area contributed by atoms with Crippen molar-refractivity contribution in [3.05, 3.63) is 132 Å². The van der Waals surface area contributed by atoms with E-state index < -0.39 is 29.7 Å². The minimum Gasteiger partial charge on any atom is -0.483 e. The molecule has 20 heteroatoms. The van der Waals surface area contributed by atoms with E-state index in [2.05, 4.69) is 37.3 Å². The van der Waals surface area contributed by atoms with Gasteiger partial charge in [-0.3, -0.25) is 39.1 Å². The molecule has 1 unspecified atom stereocenters. The molecule has 3 aromatic carbocycles. The van der Waals surface area contributed by atoms with Crippen LogP contribution in [0.5, 0.6) is 11.6 Å². The Labute approximate surface area is 459 Å². The van der Waals surface area contributed by atoms with E-state index in [-0.39, 0.29) is 60.3 Å². The van der Waals surface area contributed by atoms with Gasteiger partial charge in [-0.05, 0) is 123 Å². The monoisotopic (exact) mass is 1080 g/mol. The number of unbranched alkanes of at least 4 members (excludes halogenated alkanes) is 2. The van der Waals surface area contributed by atoms with Gasteiger partial charge in [0.2, 0.25) is 17.7 Å². The molecule has 7 amide bonds. The third-order valence-corrected chi connectivity index (χ3v) is 13.7. The Balaban J connectivity index is 0.646. The number of piperidine rings is 1. The van der Waals surface area contributed by atoms with Gasteiger partial charge in [-0.15, -0.1) is 0 Å². The van der Waals surface area contributed by atoms with Crippen LogP contribution in [0.2, 0.25) is 0 Å². The predicted octanol–water partition coefficient (Wildman–Crippen LogP) is 7.13. The molecular weight excluding hydrogens is 1010 g/mol. The van der Waals surface area contributed by atoms with Crippen molar-refractivity contribution < 1.29 is 52.5 Å². The van der Waals surface area contributed by atoms with Crippen LogP contribution in [-0.4, -0.2) is 128 Å². The molecule has 4 N–H and O–H groups in total. The minimum absolute atomic E-state index is 0.00392. The van der Waals surface area contributed by atoms with E-state index in [0.717, 1.165) is 84.5 Å². The van der Waals surface area contributed by atoms with Gasteiger partial charge in [0.1, 0.15) is 30.3 Å². The van der Waals surface area contributed by atoms with E-state index in [1.54, 1.807) is 18.5 Å². The summed E-state index contributed by atoms with van der Waals surface area (Å²) in [7, 11) is 0. The molecule has 4 heterocycles. The number of carbonyl (C=O) groups is 6. The zero-order valence-corrected chi connectivity index (χ0v) is 44.2. The molecule has 79 heavy (non-hydrogen) atoms. The Morgan fingerprint density at radius 3 is 2.16 bits per heavy atom. The number of fused-ring (bicyclic) bond motifs is 1. The lowest BCUT2D eigenvalue weighted by molar-refractivity contribution is -0.136. The Kier molecular flexibility index (Phi) is 21.2. The highest BCUT2D eigenvalue weighted by Crippen LogP contribution is 2.35. The average Bonchev–Trinajstić information content (AvgIpc) is 3.87. The number of nitrogens with one attached hydrogen (secondary N) is 4. The Morgan fingerprint density at radius 1 is 0.709 bits per heavy atom. The molecule has 8 rings (SSSR count). The van der Waals surface area contributed by atoms with E-state index >= 15 is 0 Å². The number of aromatic nitrogens is 2. The zero-order chi connectivity index (χ0) is 55.2. The number of imide groups is 2. The van der Waals surface area contributed by atoms with Crippen molar-refractivity contribution in [2.75, 3.05) is 69.6 Å². The van der Waals surface area contributed by atoms with Crippen LogP contribution in [0.1, 0.15) is 102 Å². The number of benzene rings is 3. The molecule has 0 radical (unpaired) electrons. The fourth-order valence-corrected chi connectivity index (χ4v) is 9.61. The molecule has 0 bridgehead atoms. The Hall–Kier alpha value is -8.25. The van der Waals surface area contributed by atoms with Crippen molar-refractivity contribution in [1.29, 1.82) is 5.26 Å². The number of nitriles is 1. The van der Waals surface area contributed by atoms with Gasteiger partial charge in [-0.1, -0.05) is 48.5 Å². The Morgan fingerprint density at radius 2 is 1.44 bits per heavy atom. The number of rotatable bonds is 29. The number of nitrogens with zero attached hydrogens (tertiary/aromatic N) is 5. The lowest BCUT2D eigenvalue weighted by Crippen LogP contribution is -2.54. The minimum atomic E-state index is -1.10. The third-order valence-electron chi connectivity index (χ3n) is 13.7. The van der Waals surface area contributed by atoms with Crippen LogP contribution in [-0.2, 0) is 35.1 Å². The van der Waals surface area contributed by atoms with Gasteiger partial charge in [0.15, 0.2) is 6.61 Å². The van der Waals surface area contributed by atoms with Crippen molar-refractivity contribution in [1.82, 2.24) is 30.8 Å². The van der Waals surface area contributed by atoms with Crippen LogP contribution >= 0.6 is 0 Å². The van der Waals surface area contributed by atoms with Crippen molar-refractivity contribution >= 4 is 47.1 Å². The largest absolute Gasteiger partial charge is 0.483 e. The molecule has 1 aliphatic carbocycles. The lowest BCUT2D eigenvalue weighted by Gasteiger charge is -2.37. The van der Waals surface area contributed by atoms with Crippen molar-refractivity contribution in [2.45, 2.75) is 95.3 Å². The fourth-order valence-electron chi connectivity index (χ4n) is 9.61.